The van der Waals surface area contributed by atoms with Gasteiger partial charge < -0.3 is 4.90 Å². The van der Waals surface area contributed by atoms with E-state index in [0.29, 0.717) is 29.4 Å². The third-order valence-corrected chi connectivity index (χ3v) is 8.42. The van der Waals surface area contributed by atoms with E-state index in [2.05, 4.69) is 24.3 Å². The second-order valence-electron chi connectivity index (χ2n) is 8.04. The van der Waals surface area contributed by atoms with E-state index < -0.39 is 9.73 Å². The predicted octanol–water partition coefficient (Wildman–Crippen LogP) is 2.56. The molecule has 2 aliphatic rings. The molecular weight excluding hydrogens is 400 g/mol. The lowest BCUT2D eigenvalue weighted by Crippen LogP contribution is -2.33. The molecule has 5 heterocycles. The molecule has 8 nitrogen and oxygen atoms in total. The van der Waals surface area contributed by atoms with Gasteiger partial charge >= 0.3 is 0 Å². The van der Waals surface area contributed by atoms with Gasteiger partial charge in [0, 0.05) is 60.1 Å². The van der Waals surface area contributed by atoms with Crippen LogP contribution in [0.4, 0.5) is 11.5 Å². The molecule has 0 N–H and O–H groups in total. The second kappa shape index (κ2) is 7.16. The predicted molar refractivity (Wildman–Crippen MR) is 117 cm³/mol. The van der Waals surface area contributed by atoms with Crippen LogP contribution in [0, 0.1) is 13.8 Å². The average molecular weight is 425 g/mol. The van der Waals surface area contributed by atoms with E-state index >= 15 is 0 Å². The Kier molecular flexibility index (Phi) is 4.57. The molecule has 3 aromatic heterocycles. The molecular formula is C21H24N6O2S. The third kappa shape index (κ3) is 3.27. The SMILES string of the molecule is Cc1c(N2CCc3ncc(N=S4(=O)CCCC4)cc3C2)nn2c(=O)ccnc2c1C. The largest absolute Gasteiger partial charge is 0.350 e. The number of anilines is 1. The summed E-state index contributed by atoms with van der Waals surface area (Å²) in [5.74, 6) is 2.14. The molecule has 0 spiro atoms. The maximum atomic E-state index is 12.8. The standard InChI is InChI=1S/C21H24N6O2S/c1-14-15(2)21(24-27-19(28)5-7-22-20(14)27)26-8-6-18-16(13-26)11-17(12-23-18)25-30(29)9-3-4-10-30/h5,7,11-12H,3-4,6,8-10,13H2,1-2H3. The minimum absolute atomic E-state index is 0.190. The fourth-order valence-corrected chi connectivity index (χ4v) is 6.43. The number of hydrogen-bond acceptors (Lipinski definition) is 7. The average Bonchev–Trinajstić information content (AvgIpc) is 3.16. The molecule has 156 valence electrons. The van der Waals surface area contributed by atoms with Crippen LogP contribution in [-0.4, -0.2) is 41.8 Å². The number of fused-ring (bicyclic) bond motifs is 2. The normalized spacial score (nSPS) is 17.9. The van der Waals surface area contributed by atoms with Crippen molar-refractivity contribution in [3.05, 3.63) is 57.3 Å². The van der Waals surface area contributed by atoms with Crippen LogP contribution < -0.4 is 10.5 Å². The number of rotatable bonds is 2. The lowest BCUT2D eigenvalue weighted by atomic mass is 10.0. The summed E-state index contributed by atoms with van der Waals surface area (Å²) in [7, 11) is -2.13. The van der Waals surface area contributed by atoms with Crippen LogP contribution in [0.3, 0.4) is 0 Å². The minimum atomic E-state index is -2.13. The molecule has 0 aliphatic carbocycles. The van der Waals surface area contributed by atoms with Crippen molar-refractivity contribution < 1.29 is 4.21 Å². The molecule has 0 unspecified atom stereocenters. The summed E-state index contributed by atoms with van der Waals surface area (Å²) < 4.78 is 18.7. The van der Waals surface area contributed by atoms with Crippen molar-refractivity contribution in [3.63, 3.8) is 0 Å². The van der Waals surface area contributed by atoms with E-state index in [9.17, 15) is 9.00 Å². The summed E-state index contributed by atoms with van der Waals surface area (Å²) in [5.41, 5.74) is 5.17. The fourth-order valence-electron chi connectivity index (χ4n) is 4.24. The zero-order chi connectivity index (χ0) is 20.9. The van der Waals surface area contributed by atoms with Gasteiger partial charge in [0.2, 0.25) is 0 Å². The van der Waals surface area contributed by atoms with Crippen LogP contribution in [0.5, 0.6) is 0 Å². The van der Waals surface area contributed by atoms with E-state index in [1.807, 2.05) is 19.9 Å². The maximum absolute atomic E-state index is 12.8. The maximum Gasteiger partial charge on any atom is 0.274 e. The monoisotopic (exact) mass is 424 g/mol. The first-order valence-corrected chi connectivity index (χ1v) is 12.1. The number of hydrogen-bond donors (Lipinski definition) is 0. The Balaban J connectivity index is 1.54. The van der Waals surface area contributed by atoms with E-state index in [1.165, 1.54) is 16.8 Å². The Morgan fingerprint density at radius 2 is 1.93 bits per heavy atom. The van der Waals surface area contributed by atoms with E-state index in [1.54, 1.807) is 6.20 Å². The van der Waals surface area contributed by atoms with Gasteiger partial charge in [-0.3, -0.25) is 9.78 Å². The zero-order valence-corrected chi connectivity index (χ0v) is 18.0. The Morgan fingerprint density at radius 1 is 1.13 bits per heavy atom. The van der Waals surface area contributed by atoms with E-state index in [0.717, 1.165) is 54.0 Å². The Morgan fingerprint density at radius 3 is 2.73 bits per heavy atom. The summed E-state index contributed by atoms with van der Waals surface area (Å²) >= 11 is 0. The highest BCUT2D eigenvalue weighted by Gasteiger charge is 2.23. The van der Waals surface area contributed by atoms with Crippen molar-refractivity contribution in [2.45, 2.75) is 39.7 Å². The van der Waals surface area contributed by atoms with Gasteiger partial charge in [-0.15, -0.1) is 5.10 Å². The molecule has 9 heteroatoms. The molecule has 1 saturated heterocycles. The van der Waals surface area contributed by atoms with Crippen LogP contribution in [0.15, 0.2) is 33.7 Å². The quantitative estimate of drug-likeness (QED) is 0.628. The first kappa shape index (κ1) is 19.2. The number of aryl methyl sites for hydroxylation is 1. The van der Waals surface area contributed by atoms with Crippen molar-refractivity contribution in [1.29, 1.82) is 0 Å². The number of nitrogens with zero attached hydrogens (tertiary/aromatic N) is 6. The summed E-state index contributed by atoms with van der Waals surface area (Å²) in [6.07, 6.45) is 6.01. The molecule has 0 atom stereocenters. The third-order valence-electron chi connectivity index (χ3n) is 6.02. The highest BCUT2D eigenvalue weighted by Crippen LogP contribution is 2.29. The molecule has 0 amide bonds. The summed E-state index contributed by atoms with van der Waals surface area (Å²) in [5, 5.41) is 4.63. The Hall–Kier alpha value is -2.81. The van der Waals surface area contributed by atoms with Gasteiger partial charge in [-0.2, -0.15) is 8.88 Å². The second-order valence-corrected chi connectivity index (χ2v) is 10.6. The van der Waals surface area contributed by atoms with Crippen LogP contribution in [0.25, 0.3) is 5.65 Å². The van der Waals surface area contributed by atoms with Gasteiger partial charge in [0.15, 0.2) is 11.5 Å². The van der Waals surface area contributed by atoms with Gasteiger partial charge in [0.25, 0.3) is 5.56 Å². The highest BCUT2D eigenvalue weighted by molar-refractivity contribution is 7.93. The first-order valence-electron chi connectivity index (χ1n) is 10.2. The Bertz CT molecular complexity index is 1330. The van der Waals surface area contributed by atoms with E-state index in [-0.39, 0.29) is 5.56 Å². The number of pyridine rings is 1. The van der Waals surface area contributed by atoms with Gasteiger partial charge in [-0.1, -0.05) is 0 Å². The van der Waals surface area contributed by atoms with Gasteiger partial charge in [-0.05, 0) is 38.3 Å². The smallest absolute Gasteiger partial charge is 0.274 e. The van der Waals surface area contributed by atoms with Crippen molar-refractivity contribution in [1.82, 2.24) is 19.6 Å². The van der Waals surface area contributed by atoms with Crippen LogP contribution >= 0.6 is 0 Å². The fraction of sp³-hybridized carbons (Fsp3) is 0.429. The summed E-state index contributed by atoms with van der Waals surface area (Å²) in [6, 6.07) is 3.43. The molecule has 0 bridgehead atoms. The van der Waals surface area contributed by atoms with E-state index in [4.69, 9.17) is 0 Å². The highest BCUT2D eigenvalue weighted by atomic mass is 32.2. The summed E-state index contributed by atoms with van der Waals surface area (Å²) in [6.45, 7) is 5.37. The molecule has 2 aliphatic heterocycles. The molecule has 0 saturated carbocycles. The molecule has 5 rings (SSSR count). The Labute approximate surface area is 175 Å². The zero-order valence-electron chi connectivity index (χ0n) is 17.2. The lowest BCUT2D eigenvalue weighted by molar-refractivity contribution is 0.680. The topological polar surface area (TPSA) is 92.8 Å². The van der Waals surface area contributed by atoms with Gasteiger partial charge in [0.05, 0.1) is 21.6 Å². The lowest BCUT2D eigenvalue weighted by Gasteiger charge is -2.30. The molecule has 1 fully saturated rings. The minimum Gasteiger partial charge on any atom is -0.350 e. The summed E-state index contributed by atoms with van der Waals surface area (Å²) in [4.78, 5) is 23.4. The first-order chi connectivity index (χ1) is 14.4. The van der Waals surface area contributed by atoms with Crippen molar-refractivity contribution in [2.75, 3.05) is 23.0 Å². The van der Waals surface area contributed by atoms with Crippen LogP contribution in [0.1, 0.15) is 35.2 Å². The molecule has 0 radical (unpaired) electrons. The van der Waals surface area contributed by atoms with Crippen molar-refractivity contribution >= 4 is 26.9 Å². The number of aromatic nitrogens is 4. The van der Waals surface area contributed by atoms with Crippen molar-refractivity contribution in [3.8, 4) is 0 Å². The van der Waals surface area contributed by atoms with Crippen molar-refractivity contribution in [2.24, 2.45) is 4.36 Å². The molecule has 3 aromatic rings. The van der Waals surface area contributed by atoms with Crippen LogP contribution in [0.2, 0.25) is 0 Å². The molecule has 0 aromatic carbocycles. The van der Waals surface area contributed by atoms with Gasteiger partial charge in [0.1, 0.15) is 0 Å². The molecule has 30 heavy (non-hydrogen) atoms. The van der Waals surface area contributed by atoms with Gasteiger partial charge in [-0.25, -0.2) is 9.19 Å². The van der Waals surface area contributed by atoms with Crippen LogP contribution in [-0.2, 0) is 22.7 Å².